The van der Waals surface area contributed by atoms with Crippen LogP contribution in [0.25, 0.3) is 10.8 Å². The molecule has 0 aliphatic heterocycles. The van der Waals surface area contributed by atoms with Crippen LogP contribution in [-0.4, -0.2) is 9.91 Å². The number of rotatable bonds is 5. The van der Waals surface area contributed by atoms with Gasteiger partial charge in [-0.3, -0.25) is 10.1 Å². The molecular formula is C15H12N2O4S. The maximum absolute atomic E-state index is 11.0. The van der Waals surface area contributed by atoms with Crippen LogP contribution < -0.4 is 4.74 Å². The average Bonchev–Trinajstić information content (AvgIpc) is 3.16. The van der Waals surface area contributed by atoms with Crippen molar-refractivity contribution in [3.8, 4) is 16.5 Å². The molecule has 2 aromatic heterocycles. The number of aromatic nitrogens is 1. The van der Waals surface area contributed by atoms with E-state index in [1.807, 2.05) is 11.4 Å². The number of furan rings is 1. The Hall–Kier alpha value is -2.67. The smallest absolute Gasteiger partial charge is 0.311 e. The summed E-state index contributed by atoms with van der Waals surface area (Å²) in [6.45, 7) is 1.97. The second kappa shape index (κ2) is 5.98. The van der Waals surface area contributed by atoms with Crippen molar-refractivity contribution in [2.75, 3.05) is 0 Å². The highest BCUT2D eigenvalue weighted by Crippen LogP contribution is 2.29. The Morgan fingerprint density at radius 3 is 3.00 bits per heavy atom. The zero-order chi connectivity index (χ0) is 15.5. The van der Waals surface area contributed by atoms with Gasteiger partial charge in [0.2, 0.25) is 0 Å². The topological polar surface area (TPSA) is 78.4 Å². The third kappa shape index (κ3) is 2.99. The molecule has 0 spiro atoms. The second-order valence-electron chi connectivity index (χ2n) is 4.64. The summed E-state index contributed by atoms with van der Waals surface area (Å²) in [5.41, 5.74) is 1.47. The van der Waals surface area contributed by atoms with Crippen molar-refractivity contribution in [1.29, 1.82) is 0 Å². The van der Waals surface area contributed by atoms with Gasteiger partial charge in [-0.25, -0.2) is 4.98 Å². The van der Waals surface area contributed by atoms with Gasteiger partial charge in [-0.1, -0.05) is 6.07 Å². The normalized spacial score (nSPS) is 10.6. The van der Waals surface area contributed by atoms with Crippen molar-refractivity contribution in [1.82, 2.24) is 4.98 Å². The lowest BCUT2D eigenvalue weighted by molar-refractivity contribution is -0.386. The van der Waals surface area contributed by atoms with Crippen LogP contribution in [0.15, 0.2) is 46.4 Å². The maximum atomic E-state index is 11.0. The molecule has 0 amide bonds. The van der Waals surface area contributed by atoms with Crippen LogP contribution in [0.4, 0.5) is 5.69 Å². The minimum atomic E-state index is -0.447. The number of nitro benzene ring substituents is 1. The Kier molecular flexibility index (Phi) is 3.88. The van der Waals surface area contributed by atoms with Gasteiger partial charge in [0.1, 0.15) is 6.61 Å². The molecule has 7 heteroatoms. The number of hydrogen-bond donors (Lipinski definition) is 0. The number of ether oxygens (including phenoxy) is 1. The molecule has 0 unspecified atom stereocenters. The lowest BCUT2D eigenvalue weighted by Gasteiger charge is -2.05. The molecule has 0 N–H and O–H groups in total. The first-order valence-corrected chi connectivity index (χ1v) is 7.37. The highest BCUT2D eigenvalue weighted by atomic mass is 32.1. The molecule has 112 valence electrons. The number of benzene rings is 1. The van der Waals surface area contributed by atoms with E-state index >= 15 is 0 Å². The molecule has 6 nitrogen and oxygen atoms in total. The maximum Gasteiger partial charge on any atom is 0.311 e. The molecule has 1 aromatic carbocycles. The van der Waals surface area contributed by atoms with E-state index in [-0.39, 0.29) is 18.0 Å². The molecular weight excluding hydrogens is 304 g/mol. The zero-order valence-electron chi connectivity index (χ0n) is 11.7. The monoisotopic (exact) mass is 316 g/mol. The summed E-state index contributed by atoms with van der Waals surface area (Å²) in [6, 6.07) is 8.49. The molecule has 3 rings (SSSR count). The molecule has 0 aliphatic carbocycles. The molecule has 22 heavy (non-hydrogen) atoms. The summed E-state index contributed by atoms with van der Waals surface area (Å²) in [5.74, 6) is 0.931. The van der Waals surface area contributed by atoms with Gasteiger partial charge in [-0.05, 0) is 30.7 Å². The van der Waals surface area contributed by atoms with Crippen molar-refractivity contribution in [2.24, 2.45) is 0 Å². The lowest BCUT2D eigenvalue weighted by atomic mass is 10.2. The highest BCUT2D eigenvalue weighted by molar-refractivity contribution is 7.13. The molecule has 0 bridgehead atoms. The van der Waals surface area contributed by atoms with Crippen molar-refractivity contribution in [2.45, 2.75) is 13.5 Å². The Balaban J connectivity index is 1.74. The largest absolute Gasteiger partial charge is 0.480 e. The molecule has 0 saturated carbocycles. The summed E-state index contributed by atoms with van der Waals surface area (Å²) >= 11 is 1.44. The summed E-state index contributed by atoms with van der Waals surface area (Å²) in [7, 11) is 0. The number of hydrogen-bond acceptors (Lipinski definition) is 6. The number of nitrogens with zero attached hydrogens (tertiary/aromatic N) is 2. The Morgan fingerprint density at radius 2 is 2.27 bits per heavy atom. The molecule has 0 aliphatic rings. The van der Waals surface area contributed by atoms with E-state index < -0.39 is 4.92 Å². The van der Waals surface area contributed by atoms with Gasteiger partial charge in [0.05, 0.1) is 16.9 Å². The van der Waals surface area contributed by atoms with E-state index in [4.69, 9.17) is 9.15 Å². The molecule has 3 aromatic rings. The molecule has 0 radical (unpaired) electrons. The predicted octanol–water partition coefficient (Wildman–Crippen LogP) is 4.20. The minimum Gasteiger partial charge on any atom is -0.480 e. The van der Waals surface area contributed by atoms with E-state index in [0.717, 1.165) is 10.6 Å². The van der Waals surface area contributed by atoms with Crippen LogP contribution in [0.3, 0.4) is 0 Å². The SMILES string of the molecule is Cc1ccc(OCc2csc(-c3ccco3)n2)c([N+](=O)[O-])c1. The molecule has 0 saturated heterocycles. The van der Waals surface area contributed by atoms with Crippen molar-refractivity contribution < 1.29 is 14.1 Å². The summed E-state index contributed by atoms with van der Waals surface area (Å²) < 4.78 is 10.8. The van der Waals surface area contributed by atoms with Crippen LogP contribution in [-0.2, 0) is 6.61 Å². The predicted molar refractivity (Wildman–Crippen MR) is 82.0 cm³/mol. The minimum absolute atomic E-state index is 0.0403. The summed E-state index contributed by atoms with van der Waals surface area (Å²) in [4.78, 5) is 15.0. The van der Waals surface area contributed by atoms with Crippen LogP contribution in [0.5, 0.6) is 5.75 Å². The van der Waals surface area contributed by atoms with Crippen LogP contribution in [0.2, 0.25) is 0 Å². The van der Waals surface area contributed by atoms with E-state index in [2.05, 4.69) is 4.98 Å². The number of aryl methyl sites for hydroxylation is 1. The molecule has 0 atom stereocenters. The first-order valence-electron chi connectivity index (χ1n) is 6.49. The highest BCUT2D eigenvalue weighted by Gasteiger charge is 2.16. The van der Waals surface area contributed by atoms with E-state index in [1.165, 1.54) is 17.4 Å². The fourth-order valence-electron chi connectivity index (χ4n) is 1.93. The van der Waals surface area contributed by atoms with Gasteiger partial charge in [-0.15, -0.1) is 11.3 Å². The number of thiazole rings is 1. The first kappa shape index (κ1) is 14.3. The van der Waals surface area contributed by atoms with Crippen molar-refractivity contribution in [3.05, 3.63) is 63.3 Å². The summed E-state index contributed by atoms with van der Waals surface area (Å²) in [5, 5.41) is 13.6. The van der Waals surface area contributed by atoms with Gasteiger partial charge < -0.3 is 9.15 Å². The summed E-state index contributed by atoms with van der Waals surface area (Å²) in [6.07, 6.45) is 1.59. The fraction of sp³-hybridized carbons (Fsp3) is 0.133. The standard InChI is InChI=1S/C15H12N2O4S/c1-10-4-5-13(12(7-10)17(18)19)21-8-11-9-22-15(16-11)14-3-2-6-20-14/h2-7,9H,8H2,1H3. The quantitative estimate of drug-likeness (QED) is 0.520. The third-order valence-electron chi connectivity index (χ3n) is 2.97. The van der Waals surface area contributed by atoms with Crippen molar-refractivity contribution >= 4 is 17.0 Å². The van der Waals surface area contributed by atoms with E-state index in [0.29, 0.717) is 11.5 Å². The molecule has 0 fully saturated rings. The van der Waals surface area contributed by atoms with Crippen molar-refractivity contribution in [3.63, 3.8) is 0 Å². The van der Waals surface area contributed by atoms with Gasteiger partial charge in [-0.2, -0.15) is 0 Å². The molecule has 2 heterocycles. The van der Waals surface area contributed by atoms with Crippen LogP contribution >= 0.6 is 11.3 Å². The van der Waals surface area contributed by atoms with Gasteiger partial charge >= 0.3 is 5.69 Å². The van der Waals surface area contributed by atoms with E-state index in [1.54, 1.807) is 31.4 Å². The van der Waals surface area contributed by atoms with Gasteiger partial charge in [0.25, 0.3) is 0 Å². The first-order chi connectivity index (χ1) is 10.6. The average molecular weight is 316 g/mol. The van der Waals surface area contributed by atoms with Crippen LogP contribution in [0, 0.1) is 17.0 Å². The second-order valence-corrected chi connectivity index (χ2v) is 5.50. The van der Waals surface area contributed by atoms with Gasteiger partial charge in [0.15, 0.2) is 16.5 Å². The van der Waals surface area contributed by atoms with E-state index in [9.17, 15) is 10.1 Å². The Bertz CT molecular complexity index is 796. The zero-order valence-corrected chi connectivity index (χ0v) is 12.5. The Labute approximate surface area is 130 Å². The number of nitro groups is 1. The third-order valence-corrected chi connectivity index (χ3v) is 3.88. The Morgan fingerprint density at radius 1 is 1.41 bits per heavy atom. The lowest BCUT2D eigenvalue weighted by Crippen LogP contribution is -1.99. The van der Waals surface area contributed by atoms with Gasteiger partial charge in [0, 0.05) is 11.4 Å². The van der Waals surface area contributed by atoms with Crippen LogP contribution in [0.1, 0.15) is 11.3 Å². The fourth-order valence-corrected chi connectivity index (χ4v) is 2.70.